The summed E-state index contributed by atoms with van der Waals surface area (Å²) in [4.78, 5) is 0. The van der Waals surface area contributed by atoms with E-state index in [1.54, 1.807) is 13.8 Å². The molecule has 2 N–H and O–H groups in total. The van der Waals surface area contributed by atoms with Gasteiger partial charge in [-0.15, -0.1) is 0 Å². The summed E-state index contributed by atoms with van der Waals surface area (Å²) in [7, 11) is -2.74. The van der Waals surface area contributed by atoms with Gasteiger partial charge in [0.2, 0.25) is 0 Å². The molecule has 1 aliphatic carbocycles. The summed E-state index contributed by atoms with van der Waals surface area (Å²) in [6, 6.07) is 72.1. The van der Waals surface area contributed by atoms with Crippen LogP contribution in [0, 0.1) is 0 Å². The predicted octanol–water partition coefficient (Wildman–Crippen LogP) is 12.3. The number of nitrogens with zero attached hydrogens (tertiary/aromatic N) is 2. The molecule has 0 amide bonds. The minimum atomic E-state index is -1.37. The minimum absolute atomic E-state index is 0. The molecule has 0 spiro atoms. The molecule has 306 valence electrons. The Labute approximate surface area is 378 Å². The van der Waals surface area contributed by atoms with Crippen LogP contribution in [0.2, 0.25) is 0 Å². The fraction of sp³-hybridized carbons (Fsp3) is 0.148. The molecule has 0 radical (unpaired) electrons. The van der Waals surface area contributed by atoms with Crippen LogP contribution >= 0.6 is 15.8 Å². The van der Waals surface area contributed by atoms with Gasteiger partial charge in [0, 0.05) is 11.1 Å². The van der Waals surface area contributed by atoms with Crippen LogP contribution in [-0.4, -0.2) is 24.5 Å². The number of fused-ring (bicyclic) bond motifs is 2. The van der Waals surface area contributed by atoms with Crippen LogP contribution in [0.15, 0.2) is 194 Å². The van der Waals surface area contributed by atoms with Crippen molar-refractivity contribution in [3.63, 3.8) is 0 Å². The van der Waals surface area contributed by atoms with Gasteiger partial charge in [-0.05, 0) is 82.2 Å². The fourth-order valence-electron chi connectivity index (χ4n) is 8.00. The largest absolute Gasteiger partial charge is 4.00 e. The van der Waals surface area contributed by atoms with Gasteiger partial charge in [0.1, 0.15) is 31.8 Å². The van der Waals surface area contributed by atoms with Crippen molar-refractivity contribution in [2.45, 2.75) is 51.6 Å². The normalized spacial score (nSPS) is 14.3. The Hall–Kier alpha value is -4.98. The van der Waals surface area contributed by atoms with E-state index in [1.807, 2.05) is 0 Å². The Bertz CT molecular complexity index is 2300. The molecule has 2 atom stereocenters. The molecule has 0 aliphatic heterocycles. The average molecular weight is 922 g/mol. The zero-order valence-electron chi connectivity index (χ0n) is 34.9. The van der Waals surface area contributed by atoms with Crippen molar-refractivity contribution in [1.29, 1.82) is 0 Å². The predicted molar refractivity (Wildman–Crippen MR) is 272 cm³/mol. The zero-order valence-corrected chi connectivity index (χ0v) is 38.6. The van der Waals surface area contributed by atoms with Gasteiger partial charge < -0.3 is 22.3 Å². The summed E-state index contributed by atoms with van der Waals surface area (Å²) in [6.07, 6.45) is 6.25. The van der Waals surface area contributed by atoms with Crippen molar-refractivity contribution >= 4 is 81.6 Å². The first kappa shape index (κ1) is 47.1. The van der Waals surface area contributed by atoms with Gasteiger partial charge in [0.25, 0.3) is 0 Å². The summed E-state index contributed by atoms with van der Waals surface area (Å²) in [5.74, 6) is 0. The monoisotopic (exact) mass is 922 g/mol. The van der Waals surface area contributed by atoms with Crippen LogP contribution in [-0.2, 0) is 19.5 Å². The summed E-state index contributed by atoms with van der Waals surface area (Å²) < 4.78 is 0. The summed E-state index contributed by atoms with van der Waals surface area (Å²) >= 11 is 0. The second-order valence-electron chi connectivity index (χ2n) is 14.6. The molecule has 0 saturated heterocycles. The number of rotatable bonds is 7. The van der Waals surface area contributed by atoms with Crippen molar-refractivity contribution in [3.8, 4) is 11.1 Å². The Morgan fingerprint density at radius 2 is 0.672 bits per heavy atom. The van der Waals surface area contributed by atoms with Gasteiger partial charge in [-0.1, -0.05) is 173 Å². The maximum atomic E-state index is 7.44. The van der Waals surface area contributed by atoms with Crippen LogP contribution < -0.4 is 31.8 Å². The molecule has 1 fully saturated rings. The van der Waals surface area contributed by atoms with Gasteiger partial charge in [0.15, 0.2) is 0 Å². The van der Waals surface area contributed by atoms with Gasteiger partial charge in [0.05, 0.1) is 15.8 Å². The molecule has 0 aromatic heterocycles. The van der Waals surface area contributed by atoms with E-state index in [0.29, 0.717) is 0 Å². The fourth-order valence-corrected chi connectivity index (χ4v) is 13.5. The first-order chi connectivity index (χ1) is 29.5. The van der Waals surface area contributed by atoms with E-state index in [-0.39, 0.29) is 31.6 Å². The SMILES string of the molecule is CC=[N-].CC=[N-].[NH-][C@@H]1CCCC[C@H]1[NH-].[Ru+4].c1ccc([PH+](c2ccccc2)c2ccc3ccccc3c2-c2c([PH+](c3ccccc3)c3ccccc3)ccc3ccccc23)cc1. The molecule has 7 heteroatoms. The van der Waals surface area contributed by atoms with Crippen LogP contribution in [0.25, 0.3) is 55.0 Å². The first-order valence-corrected chi connectivity index (χ1v) is 23.8. The molecule has 1 saturated carbocycles. The molecular formula is C54H54N4P2Ru+2. The van der Waals surface area contributed by atoms with E-state index in [4.69, 9.17) is 22.3 Å². The van der Waals surface area contributed by atoms with E-state index < -0.39 is 15.8 Å². The number of hydrogen-bond donors (Lipinski definition) is 0. The second-order valence-corrected chi connectivity index (χ2v) is 19.5. The zero-order chi connectivity index (χ0) is 42.1. The average Bonchev–Trinajstić information content (AvgIpc) is 3.30. The van der Waals surface area contributed by atoms with Gasteiger partial charge >= 0.3 is 19.5 Å². The van der Waals surface area contributed by atoms with E-state index in [0.717, 1.165) is 25.3 Å². The first-order valence-electron chi connectivity index (χ1n) is 20.8. The van der Waals surface area contributed by atoms with Crippen LogP contribution in [0.5, 0.6) is 0 Å². The van der Waals surface area contributed by atoms with Crippen molar-refractivity contribution in [3.05, 3.63) is 216 Å². The Kier molecular flexibility index (Phi) is 18.9. The number of nitrogens with one attached hydrogen (secondary N) is 2. The van der Waals surface area contributed by atoms with Crippen molar-refractivity contribution in [1.82, 2.24) is 0 Å². The van der Waals surface area contributed by atoms with Crippen LogP contribution in [0.3, 0.4) is 0 Å². The number of hydrogen-bond acceptors (Lipinski definition) is 0. The maximum Gasteiger partial charge on any atom is 4.00 e. The molecule has 1 aliphatic rings. The number of benzene rings is 8. The summed E-state index contributed by atoms with van der Waals surface area (Å²) in [5.41, 5.74) is 17.3. The van der Waals surface area contributed by atoms with E-state index >= 15 is 0 Å². The van der Waals surface area contributed by atoms with Gasteiger partial charge in [-0.3, -0.25) is 0 Å². The van der Waals surface area contributed by atoms with Crippen LogP contribution in [0.4, 0.5) is 0 Å². The Morgan fingerprint density at radius 3 is 0.951 bits per heavy atom. The smallest absolute Gasteiger partial charge is 0.814 e. The minimum Gasteiger partial charge on any atom is -0.814 e. The van der Waals surface area contributed by atoms with Crippen molar-refractivity contribution in [2.75, 3.05) is 0 Å². The molecular weight excluding hydrogens is 868 g/mol. The third kappa shape index (κ3) is 11.9. The molecule has 8 aromatic carbocycles. The van der Waals surface area contributed by atoms with Crippen molar-refractivity contribution in [2.24, 2.45) is 0 Å². The third-order valence-electron chi connectivity index (χ3n) is 10.7. The topological polar surface area (TPSA) is 92.2 Å². The quantitative estimate of drug-likeness (QED) is 0.0865. The van der Waals surface area contributed by atoms with E-state index in [9.17, 15) is 0 Å². The molecule has 8 aromatic rings. The molecule has 0 heterocycles. The van der Waals surface area contributed by atoms with Gasteiger partial charge in [-0.25, -0.2) is 12.4 Å². The van der Waals surface area contributed by atoms with E-state index in [2.05, 4.69) is 194 Å². The third-order valence-corrected chi connectivity index (χ3v) is 16.2. The molecule has 4 nitrogen and oxygen atoms in total. The van der Waals surface area contributed by atoms with E-state index in [1.165, 1.54) is 77.3 Å². The van der Waals surface area contributed by atoms with Crippen molar-refractivity contribution < 1.29 is 19.5 Å². The molecule has 61 heavy (non-hydrogen) atoms. The molecule has 0 unspecified atom stereocenters. The molecule has 9 rings (SSSR count). The second kappa shape index (κ2) is 24.5. The van der Waals surface area contributed by atoms with Crippen LogP contribution in [0.1, 0.15) is 39.5 Å². The standard InChI is InChI=1S/C44H32P2.C6H12N2.2C2H4N.Ru/c1-5-19-35(20-6-1)45(36-21-7-2-8-22-36)41-31-29-33-17-13-15-27-39(33)43(41)44-40-28-16-14-18-34(40)30-32-42(44)46(37-23-9-3-10-24-37)38-25-11-4-12-26-38;7-5-3-1-2-4-6(5)8;2*1-2-3;/h1-32H;5-8H,1-4H2;2*2H,1H3;/q;-2;2*-1;+4/p+2/t;5-,6-;;;/m.1.../s1. The summed E-state index contributed by atoms with van der Waals surface area (Å²) in [6.45, 7) is 3.11. The Balaban J connectivity index is 0.000000407. The maximum absolute atomic E-state index is 7.44. The van der Waals surface area contributed by atoms with Gasteiger partial charge in [-0.2, -0.15) is 12.1 Å². The summed E-state index contributed by atoms with van der Waals surface area (Å²) in [5, 5.41) is 28.5. The Morgan fingerprint density at radius 1 is 0.410 bits per heavy atom. The molecule has 0 bridgehead atoms.